The summed E-state index contributed by atoms with van der Waals surface area (Å²) in [5, 5.41) is 38.4. The third-order valence-corrected chi connectivity index (χ3v) is 10.1. The van der Waals surface area contributed by atoms with Crippen LogP contribution in [0.2, 0.25) is 0 Å². The number of amides is 8. The van der Waals surface area contributed by atoms with Gasteiger partial charge >= 0.3 is 11.9 Å². The number of nitrogens with zero attached hydrogens (tertiary/aromatic N) is 1. The van der Waals surface area contributed by atoms with Crippen LogP contribution in [-0.2, 0) is 54.4 Å². The number of nitrogens with one attached hydrogen (secondary N) is 8. The summed E-state index contributed by atoms with van der Waals surface area (Å²) in [6.07, 6.45) is -2.18. The van der Waals surface area contributed by atoms with Gasteiger partial charge in [0.2, 0.25) is 47.3 Å². The molecule has 0 saturated carbocycles. The Morgan fingerprint density at radius 1 is 0.619 bits per heavy atom. The molecule has 8 amide bonds. The lowest BCUT2D eigenvalue weighted by atomic mass is 10.0. The van der Waals surface area contributed by atoms with E-state index in [1.165, 1.54) is 6.92 Å². The van der Waals surface area contributed by atoms with Crippen LogP contribution >= 0.6 is 25.3 Å². The number of aliphatic carboxylic acids is 2. The quantitative estimate of drug-likeness (QED) is 0.0367. The molecule has 1 aliphatic heterocycles. The summed E-state index contributed by atoms with van der Waals surface area (Å²) in [5.74, 6) is -12.3. The maximum atomic E-state index is 14.1. The Bertz CT molecular complexity index is 1850. The second-order valence-corrected chi connectivity index (χ2v) is 15.6. The molecule has 25 heteroatoms. The van der Waals surface area contributed by atoms with Crippen LogP contribution < -0.4 is 54.0 Å². The minimum Gasteiger partial charge on any atom is -0.481 e. The number of benzene rings is 1. The highest BCUT2D eigenvalue weighted by Crippen LogP contribution is 2.10. The molecule has 0 unspecified atom stereocenters. The van der Waals surface area contributed by atoms with Gasteiger partial charge in [-0.25, -0.2) is 0 Å². The number of rotatable bonds is 14. The van der Waals surface area contributed by atoms with Crippen molar-refractivity contribution in [2.24, 2.45) is 22.4 Å². The number of aliphatic imine (C=N–C) groups is 1. The second-order valence-electron chi connectivity index (χ2n) is 14.9. The average Bonchev–Trinajstić information content (AvgIpc) is 3.21. The van der Waals surface area contributed by atoms with Crippen molar-refractivity contribution in [1.82, 2.24) is 42.5 Å². The molecule has 1 aromatic rings. The van der Waals surface area contributed by atoms with E-state index in [1.54, 1.807) is 44.2 Å². The first kappa shape index (κ1) is 53.0. The van der Waals surface area contributed by atoms with Crippen molar-refractivity contribution in [2.45, 2.75) is 108 Å². The predicted octanol–water partition coefficient (Wildman–Crippen LogP) is -3.95. The van der Waals surface area contributed by atoms with Crippen LogP contribution in [0.5, 0.6) is 0 Å². The third kappa shape index (κ3) is 18.4. The Hall–Kier alpha value is -6.11. The molecule has 1 aromatic carbocycles. The standard InChI is InChI=1S/C38H57N11O12S2/c1-18(2)29-37(61)46-24(15-28(52)53)33(57)42-19(3)30(54)43-22(11-12-27(50)51)31(55)47-26(17-63)36(60)48-25(16-62)35(59)45-23(14-20-8-5-4-6-9-20)34(58)44-21(32(56)49-29)10-7-13-41-38(39)40/h4-6,8-9,18-19,21-26,29,62-63H,7,10-17H2,1-3H3,(H,42,57)(H,43,54)(H,44,58)(H,45,59)(H,46,61)(H,47,55)(H,48,60)(H,49,56)(H,50,51)(H,52,53)(H4,39,40,41)/t19-,21-,22-,23-,24-,25-,26-,29-/m0/s1. The lowest BCUT2D eigenvalue weighted by Crippen LogP contribution is -2.62. The summed E-state index contributed by atoms with van der Waals surface area (Å²) in [6.45, 7) is 4.28. The summed E-state index contributed by atoms with van der Waals surface area (Å²) in [5.41, 5.74) is 11.5. The van der Waals surface area contributed by atoms with Gasteiger partial charge in [0.1, 0.15) is 48.3 Å². The van der Waals surface area contributed by atoms with Gasteiger partial charge < -0.3 is 64.2 Å². The molecule has 23 nitrogen and oxygen atoms in total. The molecule has 348 valence electrons. The number of thiol groups is 2. The molecule has 0 spiro atoms. The van der Waals surface area contributed by atoms with Gasteiger partial charge in [0.25, 0.3) is 0 Å². The fraction of sp³-hybridized carbons (Fsp3) is 0.553. The van der Waals surface area contributed by atoms with Crippen molar-refractivity contribution in [2.75, 3.05) is 18.1 Å². The summed E-state index contributed by atoms with van der Waals surface area (Å²) in [6, 6.07) is -3.56. The molecular formula is C38H57N11O12S2. The van der Waals surface area contributed by atoms with Crippen LogP contribution in [0.1, 0.15) is 58.4 Å². The maximum Gasteiger partial charge on any atom is 0.305 e. The van der Waals surface area contributed by atoms with Crippen molar-refractivity contribution >= 4 is 90.4 Å². The molecule has 1 heterocycles. The number of carbonyl (C=O) groups is 10. The molecule has 0 radical (unpaired) electrons. The van der Waals surface area contributed by atoms with Gasteiger partial charge in [0.05, 0.1) is 6.42 Å². The molecule has 0 aromatic heterocycles. The van der Waals surface area contributed by atoms with E-state index in [2.05, 4.69) is 72.8 Å². The van der Waals surface area contributed by atoms with Crippen LogP contribution in [0.4, 0.5) is 0 Å². The zero-order chi connectivity index (χ0) is 47.4. The predicted molar refractivity (Wildman–Crippen MR) is 233 cm³/mol. The van der Waals surface area contributed by atoms with Gasteiger partial charge in [-0.05, 0) is 37.7 Å². The Morgan fingerprint density at radius 2 is 1.08 bits per heavy atom. The van der Waals surface area contributed by atoms with E-state index in [1.807, 2.05) is 0 Å². The zero-order valence-electron chi connectivity index (χ0n) is 34.9. The van der Waals surface area contributed by atoms with Crippen LogP contribution in [0, 0.1) is 5.92 Å². The maximum absolute atomic E-state index is 14.1. The number of carbonyl (C=O) groups excluding carboxylic acids is 8. The van der Waals surface area contributed by atoms with Crippen molar-refractivity contribution < 1.29 is 58.2 Å². The largest absolute Gasteiger partial charge is 0.481 e. The normalized spacial score (nSPS) is 25.0. The minimum absolute atomic E-state index is 0.0305. The molecule has 1 fully saturated rings. The zero-order valence-corrected chi connectivity index (χ0v) is 36.7. The van der Waals surface area contributed by atoms with Gasteiger partial charge in [-0.1, -0.05) is 44.2 Å². The molecular weight excluding hydrogens is 867 g/mol. The van der Waals surface area contributed by atoms with E-state index in [9.17, 15) is 58.2 Å². The second kappa shape index (κ2) is 26.4. The summed E-state index contributed by atoms with van der Waals surface area (Å²) in [7, 11) is 0. The van der Waals surface area contributed by atoms with E-state index in [4.69, 9.17) is 11.5 Å². The minimum atomic E-state index is -1.81. The average molecular weight is 924 g/mol. The summed E-state index contributed by atoms with van der Waals surface area (Å²) < 4.78 is 0. The molecule has 1 aliphatic rings. The number of carboxylic acids is 2. The Kier molecular flexibility index (Phi) is 22.2. The van der Waals surface area contributed by atoms with Crippen molar-refractivity contribution in [3.8, 4) is 0 Å². The number of carboxylic acid groups (broad SMARTS) is 2. The smallest absolute Gasteiger partial charge is 0.305 e. The van der Waals surface area contributed by atoms with Crippen molar-refractivity contribution in [3.63, 3.8) is 0 Å². The molecule has 0 bridgehead atoms. The fourth-order valence-corrected chi connectivity index (χ4v) is 6.47. The molecule has 14 N–H and O–H groups in total. The number of hydrogen-bond acceptors (Lipinski definition) is 13. The third-order valence-electron chi connectivity index (χ3n) is 9.42. The van der Waals surface area contributed by atoms with Gasteiger partial charge in [-0.3, -0.25) is 52.9 Å². The summed E-state index contributed by atoms with van der Waals surface area (Å²) in [4.78, 5) is 136. The topological polar surface area (TPSA) is 372 Å². The number of nitrogens with two attached hydrogens (primary N) is 2. The van der Waals surface area contributed by atoms with E-state index < -0.39 is 133 Å². The highest BCUT2D eigenvalue weighted by atomic mass is 32.1. The van der Waals surface area contributed by atoms with Gasteiger partial charge in [-0.15, -0.1) is 0 Å². The Balaban J connectivity index is 2.70. The number of hydrogen-bond donors (Lipinski definition) is 14. The Labute approximate surface area is 374 Å². The first-order chi connectivity index (χ1) is 29.7. The number of guanidine groups is 1. The van der Waals surface area contributed by atoms with Crippen LogP contribution in [-0.4, -0.2) is 142 Å². The first-order valence-corrected chi connectivity index (χ1v) is 21.1. The molecule has 1 saturated heterocycles. The van der Waals surface area contributed by atoms with Crippen molar-refractivity contribution in [1.29, 1.82) is 0 Å². The molecule has 8 atom stereocenters. The summed E-state index contributed by atoms with van der Waals surface area (Å²) >= 11 is 8.35. The van der Waals surface area contributed by atoms with Gasteiger partial charge in [-0.2, -0.15) is 25.3 Å². The lowest BCUT2D eigenvalue weighted by Gasteiger charge is -2.29. The lowest BCUT2D eigenvalue weighted by molar-refractivity contribution is -0.142. The van der Waals surface area contributed by atoms with E-state index in [0.29, 0.717) is 5.56 Å². The molecule has 63 heavy (non-hydrogen) atoms. The van der Waals surface area contributed by atoms with Crippen molar-refractivity contribution in [3.05, 3.63) is 35.9 Å². The highest BCUT2D eigenvalue weighted by Gasteiger charge is 2.36. The fourth-order valence-electron chi connectivity index (χ4n) is 5.96. The van der Waals surface area contributed by atoms with E-state index in [-0.39, 0.29) is 43.3 Å². The highest BCUT2D eigenvalue weighted by molar-refractivity contribution is 7.80. The Morgan fingerprint density at radius 3 is 1.60 bits per heavy atom. The van der Waals surface area contributed by atoms with Crippen LogP contribution in [0.15, 0.2) is 35.3 Å². The molecule has 0 aliphatic carbocycles. The van der Waals surface area contributed by atoms with Crippen LogP contribution in [0.3, 0.4) is 0 Å². The van der Waals surface area contributed by atoms with E-state index in [0.717, 1.165) is 0 Å². The van der Waals surface area contributed by atoms with E-state index >= 15 is 0 Å². The van der Waals surface area contributed by atoms with Crippen LogP contribution in [0.25, 0.3) is 0 Å². The van der Waals surface area contributed by atoms with Gasteiger partial charge in [0.15, 0.2) is 5.96 Å². The SMILES string of the molecule is CC(C)[C@@H]1NC(=O)[C@H](CCCN=C(N)N)NC(=O)[C@H](Cc2ccccc2)NC(=O)[C@H](CS)NC(=O)[C@H](CS)NC(=O)[C@H](CCC(=O)O)NC(=O)[C@H](C)NC(=O)[C@H](CC(=O)O)NC1=O. The molecule has 2 rings (SSSR count). The van der Waals surface area contributed by atoms with Gasteiger partial charge in [0, 0.05) is 30.9 Å². The first-order valence-electron chi connectivity index (χ1n) is 19.8. The monoisotopic (exact) mass is 923 g/mol.